The average molecular weight is 224 g/mol. The lowest BCUT2D eigenvalue weighted by Gasteiger charge is -1.91. The van der Waals surface area contributed by atoms with Crippen molar-refractivity contribution >= 4 is 17.6 Å². The van der Waals surface area contributed by atoms with Crippen LogP contribution in [0.3, 0.4) is 0 Å². The number of hydrogen-bond acceptors (Lipinski definition) is 2. The molecule has 4 nitrogen and oxygen atoms in total. The van der Waals surface area contributed by atoms with Crippen LogP contribution in [0.5, 0.6) is 0 Å². The van der Waals surface area contributed by atoms with E-state index in [9.17, 15) is 9.59 Å². The van der Waals surface area contributed by atoms with Crippen molar-refractivity contribution in [3.63, 3.8) is 0 Å². The van der Waals surface area contributed by atoms with E-state index in [1.54, 1.807) is 18.2 Å². The molecule has 0 spiro atoms. The highest BCUT2D eigenvalue weighted by Gasteiger charge is 2.19. The molecule has 0 saturated carbocycles. The van der Waals surface area contributed by atoms with Crippen molar-refractivity contribution in [1.29, 1.82) is 0 Å². The second-order valence-electron chi connectivity index (χ2n) is 3.01. The number of carboxylic acid groups (broad SMARTS) is 1. The van der Waals surface area contributed by atoms with Crippen molar-refractivity contribution in [2.45, 2.75) is 0 Å². The quantitative estimate of drug-likeness (QED) is 0.775. The molecule has 5 heteroatoms. The average Bonchev–Trinajstić information content (AvgIpc) is 2.38. The number of fused-ring (bicyclic) bond motifs is 1. The van der Waals surface area contributed by atoms with Gasteiger partial charge in [0.15, 0.2) is 0 Å². The summed E-state index contributed by atoms with van der Waals surface area (Å²) < 4.78 is 0. The van der Waals surface area contributed by atoms with E-state index < -0.39 is 11.5 Å². The molecular formula is C10H6ClNO3. The second kappa shape index (κ2) is 3.40. The number of aromatic nitrogens is 1. The number of rotatable bonds is 1. The van der Waals surface area contributed by atoms with Crippen molar-refractivity contribution in [2.24, 2.45) is 0 Å². The molecule has 76 valence electrons. The predicted octanol–water partition coefficient (Wildman–Crippen LogP) is 1.83. The van der Waals surface area contributed by atoms with Crippen molar-refractivity contribution in [3.8, 4) is 11.3 Å². The normalized spacial score (nSPS) is 10.5. The minimum Gasteiger partial charge on any atom is -0.477 e. The fraction of sp³-hybridized carbons (Fsp3) is 0. The van der Waals surface area contributed by atoms with E-state index in [1.165, 1.54) is 6.07 Å². The molecule has 1 heterocycles. The monoisotopic (exact) mass is 223 g/mol. The van der Waals surface area contributed by atoms with Crippen LogP contribution in [-0.2, 0) is 0 Å². The summed E-state index contributed by atoms with van der Waals surface area (Å²) in [5.74, 6) is -1.24. The topological polar surface area (TPSA) is 70.2 Å². The lowest BCUT2D eigenvalue weighted by molar-refractivity contribution is 0.0696. The zero-order chi connectivity index (χ0) is 11.0. The van der Waals surface area contributed by atoms with Gasteiger partial charge in [-0.15, -0.1) is 0 Å². The number of aromatic amines is 1. The van der Waals surface area contributed by atoms with E-state index in [1.807, 2.05) is 0 Å². The van der Waals surface area contributed by atoms with E-state index in [-0.39, 0.29) is 5.56 Å². The molecule has 2 N–H and O–H groups in total. The fourth-order valence-electron chi connectivity index (χ4n) is 1.41. The van der Waals surface area contributed by atoms with Gasteiger partial charge in [0.1, 0.15) is 5.56 Å². The van der Waals surface area contributed by atoms with Gasteiger partial charge in [-0.25, -0.2) is 4.79 Å². The summed E-state index contributed by atoms with van der Waals surface area (Å²) in [6, 6.07) is 6.22. The summed E-state index contributed by atoms with van der Waals surface area (Å²) in [4.78, 5) is 24.6. The Balaban J connectivity index is 2.83. The Hall–Kier alpha value is -1.81. The SMILES string of the molecule is O=C(O)c1c2ccc(Cl)ccc-2[nH]c1=O. The molecule has 0 bridgehead atoms. The minimum absolute atomic E-state index is 0.253. The van der Waals surface area contributed by atoms with E-state index in [0.29, 0.717) is 16.3 Å². The first kappa shape index (κ1) is 9.73. The maximum Gasteiger partial charge on any atom is 0.342 e. The Bertz CT molecular complexity index is 561. The highest BCUT2D eigenvalue weighted by Crippen LogP contribution is 2.22. The van der Waals surface area contributed by atoms with Crippen LogP contribution in [0.1, 0.15) is 10.4 Å². The van der Waals surface area contributed by atoms with Gasteiger partial charge in [0.2, 0.25) is 0 Å². The summed E-state index contributed by atoms with van der Waals surface area (Å²) >= 11 is 5.74. The molecule has 0 aromatic heterocycles. The smallest absolute Gasteiger partial charge is 0.342 e. The van der Waals surface area contributed by atoms with Crippen molar-refractivity contribution in [2.75, 3.05) is 0 Å². The Morgan fingerprint density at radius 1 is 1.27 bits per heavy atom. The van der Waals surface area contributed by atoms with Gasteiger partial charge in [-0.1, -0.05) is 17.7 Å². The van der Waals surface area contributed by atoms with Gasteiger partial charge < -0.3 is 10.1 Å². The number of H-pyrrole nitrogens is 1. The van der Waals surface area contributed by atoms with Gasteiger partial charge in [-0.2, -0.15) is 0 Å². The summed E-state index contributed by atoms with van der Waals surface area (Å²) in [7, 11) is 0. The first-order chi connectivity index (χ1) is 7.09. The number of carboxylic acids is 1. The predicted molar refractivity (Wildman–Crippen MR) is 55.7 cm³/mol. The molecule has 0 fully saturated rings. The molecule has 0 saturated heterocycles. The third kappa shape index (κ3) is 1.59. The standard InChI is InChI=1S/C10H6ClNO3/c11-5-1-3-6-7(4-2-5)12-9(13)8(6)10(14)15/h1-4H,(H,12,13)(H,14,15). The summed E-state index contributed by atoms with van der Waals surface area (Å²) in [6.45, 7) is 0. The lowest BCUT2D eigenvalue weighted by Crippen LogP contribution is -2.10. The Labute approximate surface area is 89.5 Å². The Kier molecular flexibility index (Phi) is 2.21. The van der Waals surface area contributed by atoms with Crippen LogP contribution >= 0.6 is 11.6 Å². The summed E-state index contributed by atoms with van der Waals surface area (Å²) in [5, 5.41) is 9.33. The molecule has 0 amide bonds. The van der Waals surface area contributed by atoms with Gasteiger partial charge in [0.05, 0.1) is 0 Å². The number of nitrogens with one attached hydrogen (secondary N) is 1. The van der Waals surface area contributed by atoms with Gasteiger partial charge in [0.25, 0.3) is 5.56 Å². The van der Waals surface area contributed by atoms with Crippen molar-refractivity contribution < 1.29 is 9.90 Å². The van der Waals surface area contributed by atoms with Crippen LogP contribution in [0.4, 0.5) is 0 Å². The highest BCUT2D eigenvalue weighted by molar-refractivity contribution is 6.30. The molecule has 1 aliphatic carbocycles. The molecule has 1 aliphatic heterocycles. The van der Waals surface area contributed by atoms with Crippen LogP contribution in [0.15, 0.2) is 29.1 Å². The van der Waals surface area contributed by atoms with Gasteiger partial charge in [0, 0.05) is 16.3 Å². The van der Waals surface area contributed by atoms with E-state index >= 15 is 0 Å². The molecular weight excluding hydrogens is 218 g/mol. The number of carbonyl (C=O) groups is 1. The number of aromatic carboxylic acids is 1. The summed E-state index contributed by atoms with van der Waals surface area (Å²) in [5.41, 5.74) is -0.0270. The molecule has 2 aliphatic rings. The number of hydrogen-bond donors (Lipinski definition) is 2. The molecule has 2 rings (SSSR count). The van der Waals surface area contributed by atoms with Crippen LogP contribution in [0, 0.1) is 0 Å². The lowest BCUT2D eigenvalue weighted by atomic mass is 10.1. The molecule has 0 aromatic rings. The third-order valence-electron chi connectivity index (χ3n) is 2.07. The van der Waals surface area contributed by atoms with Gasteiger partial charge >= 0.3 is 5.97 Å². The van der Waals surface area contributed by atoms with Crippen LogP contribution < -0.4 is 5.56 Å². The number of halogens is 1. The van der Waals surface area contributed by atoms with Gasteiger partial charge in [-0.05, 0) is 18.2 Å². The molecule has 15 heavy (non-hydrogen) atoms. The van der Waals surface area contributed by atoms with Crippen molar-refractivity contribution in [3.05, 3.63) is 45.2 Å². The van der Waals surface area contributed by atoms with Crippen molar-refractivity contribution in [1.82, 2.24) is 4.98 Å². The highest BCUT2D eigenvalue weighted by atomic mass is 35.5. The largest absolute Gasteiger partial charge is 0.477 e. The molecule has 0 unspecified atom stereocenters. The first-order valence-electron chi connectivity index (χ1n) is 4.14. The minimum atomic E-state index is -1.24. The zero-order valence-corrected chi connectivity index (χ0v) is 8.21. The van der Waals surface area contributed by atoms with E-state index in [4.69, 9.17) is 16.7 Å². The maximum absolute atomic E-state index is 11.3. The molecule has 0 atom stereocenters. The third-order valence-corrected chi connectivity index (χ3v) is 2.32. The van der Waals surface area contributed by atoms with Crippen LogP contribution in [0.2, 0.25) is 5.02 Å². The van der Waals surface area contributed by atoms with Crippen LogP contribution in [0.25, 0.3) is 11.3 Å². The Morgan fingerprint density at radius 3 is 2.60 bits per heavy atom. The first-order valence-corrected chi connectivity index (χ1v) is 4.52. The van der Waals surface area contributed by atoms with Crippen LogP contribution in [-0.4, -0.2) is 16.1 Å². The maximum atomic E-state index is 11.3. The second-order valence-corrected chi connectivity index (χ2v) is 3.45. The Morgan fingerprint density at radius 2 is 1.93 bits per heavy atom. The van der Waals surface area contributed by atoms with Gasteiger partial charge in [-0.3, -0.25) is 4.79 Å². The summed E-state index contributed by atoms with van der Waals surface area (Å²) in [6.07, 6.45) is 0. The van der Waals surface area contributed by atoms with E-state index in [2.05, 4.69) is 4.98 Å². The fourth-order valence-corrected chi connectivity index (χ4v) is 1.53. The molecule has 0 radical (unpaired) electrons. The zero-order valence-electron chi connectivity index (χ0n) is 7.45. The molecule has 0 aromatic carbocycles. The van der Waals surface area contributed by atoms with E-state index in [0.717, 1.165) is 0 Å².